The molecule has 3 aliphatic rings. The number of anilines is 2. The molecule has 2 unspecified atom stereocenters. The first-order valence-electron chi connectivity index (χ1n) is 17.2. The number of alkyl halides is 2. The molecule has 4 N–H and O–H groups in total. The molecule has 57 heavy (non-hydrogen) atoms. The number of nitrogen functional groups attached to an aromatic ring is 1. The van der Waals surface area contributed by atoms with Crippen LogP contribution in [0.2, 0.25) is 0 Å². The highest BCUT2D eigenvalue weighted by Gasteiger charge is 2.54. The molecule has 3 saturated heterocycles. The molecule has 0 aliphatic carbocycles. The molecule has 0 saturated carbocycles. The van der Waals surface area contributed by atoms with Crippen molar-refractivity contribution in [3.63, 3.8) is 0 Å². The van der Waals surface area contributed by atoms with Gasteiger partial charge < -0.3 is 30.6 Å². The van der Waals surface area contributed by atoms with E-state index < -0.39 is 93.6 Å². The SMILES string of the molecule is CC(C)(C)OC(=O)NCCCC(=O)Nc1ncnc2c1ncn2[C@@H]1O[C@@H]2CO[P@](=O)(S)OC3[C@@H](F)[C@H](n4cnc5c(N)ncnc54)O[C@@H]3CO[P@@](=O)(S)OC2[C@H]1F. The number of hydrogen-bond donors (Lipinski definition) is 5. The van der Waals surface area contributed by atoms with Crippen LogP contribution in [-0.2, 0) is 46.2 Å². The Kier molecular flexibility index (Phi) is 11.8. The second kappa shape index (κ2) is 16.2. The molecular formula is C29H37F2N11O11P2S2. The first-order valence-corrected chi connectivity index (χ1v) is 22.6. The molecule has 7 rings (SSSR count). The Hall–Kier alpha value is -3.58. The third kappa shape index (κ3) is 9.19. The maximum absolute atomic E-state index is 16.4. The second-order valence-corrected chi connectivity index (χ2v) is 19.6. The second-order valence-electron chi connectivity index (χ2n) is 13.9. The largest absolute Gasteiger partial charge is 0.444 e. The summed E-state index contributed by atoms with van der Waals surface area (Å²) in [4.78, 5) is 49.1. The van der Waals surface area contributed by atoms with Gasteiger partial charge in [-0.25, -0.2) is 52.6 Å². The molecule has 3 aliphatic heterocycles. The van der Waals surface area contributed by atoms with Crippen molar-refractivity contribution in [2.45, 2.75) is 88.4 Å². The number of carbonyl (C=O) groups excluding carboxylic acids is 2. The number of fused-ring (bicyclic) bond motifs is 4. The summed E-state index contributed by atoms with van der Waals surface area (Å²) in [6, 6.07) is 0. The number of thiol groups is 2. The predicted molar refractivity (Wildman–Crippen MR) is 200 cm³/mol. The number of rotatable bonds is 7. The summed E-state index contributed by atoms with van der Waals surface area (Å²) in [7, 11) is 0. The molecule has 4 aromatic rings. The number of nitrogens with zero attached hydrogens (tertiary/aromatic N) is 8. The van der Waals surface area contributed by atoms with E-state index >= 15 is 8.78 Å². The summed E-state index contributed by atoms with van der Waals surface area (Å²) in [5.74, 6) is -0.422. The number of alkyl carbamates (subject to hydrolysis) is 1. The predicted octanol–water partition coefficient (Wildman–Crippen LogP) is 3.86. The van der Waals surface area contributed by atoms with Gasteiger partial charge in [-0.2, -0.15) is 0 Å². The van der Waals surface area contributed by atoms with Gasteiger partial charge in [0.25, 0.3) is 0 Å². The number of nitrogens with one attached hydrogen (secondary N) is 2. The van der Waals surface area contributed by atoms with Gasteiger partial charge in [0.2, 0.25) is 5.91 Å². The number of aromatic nitrogens is 8. The highest BCUT2D eigenvalue weighted by molar-refractivity contribution is 8.44. The Bertz CT molecular complexity index is 2250. The topological polar surface area (TPSA) is 270 Å². The molecule has 10 atom stereocenters. The van der Waals surface area contributed by atoms with Gasteiger partial charge in [-0.05, 0) is 27.2 Å². The van der Waals surface area contributed by atoms with Gasteiger partial charge in [-0.3, -0.25) is 32.0 Å². The Balaban J connectivity index is 1.04. The normalized spacial score (nSPS) is 32.3. The minimum Gasteiger partial charge on any atom is -0.444 e. The molecule has 3 fully saturated rings. The van der Waals surface area contributed by atoms with Gasteiger partial charge in [-0.1, -0.05) is 24.5 Å². The number of nitrogens with two attached hydrogens (primary N) is 1. The molecule has 28 heteroatoms. The van der Waals surface area contributed by atoms with Crippen LogP contribution in [0.3, 0.4) is 0 Å². The highest BCUT2D eigenvalue weighted by Crippen LogP contribution is 2.60. The fraction of sp³-hybridized carbons (Fsp3) is 0.586. The van der Waals surface area contributed by atoms with Crippen molar-refractivity contribution >= 4 is 84.1 Å². The number of carbonyl (C=O) groups is 2. The number of hydrogen-bond acceptors (Lipinski definition) is 18. The Morgan fingerprint density at radius 1 is 0.877 bits per heavy atom. The molecule has 7 heterocycles. The third-order valence-corrected chi connectivity index (χ3v) is 11.9. The van der Waals surface area contributed by atoms with Crippen molar-refractivity contribution in [2.75, 3.05) is 30.8 Å². The van der Waals surface area contributed by atoms with Gasteiger partial charge in [0.1, 0.15) is 48.2 Å². The summed E-state index contributed by atoms with van der Waals surface area (Å²) >= 11 is 8.06. The monoisotopic (exact) mass is 879 g/mol. The van der Waals surface area contributed by atoms with Crippen LogP contribution in [-0.4, -0.2) is 113 Å². The fourth-order valence-electron chi connectivity index (χ4n) is 6.19. The minimum atomic E-state index is -4.49. The lowest BCUT2D eigenvalue weighted by molar-refractivity contribution is -0.116. The van der Waals surface area contributed by atoms with E-state index in [-0.39, 0.29) is 53.3 Å². The lowest BCUT2D eigenvalue weighted by Gasteiger charge is -2.28. The van der Waals surface area contributed by atoms with Crippen LogP contribution in [0.1, 0.15) is 46.1 Å². The quantitative estimate of drug-likeness (QED) is 0.100. The van der Waals surface area contributed by atoms with Crippen LogP contribution in [0, 0.1) is 0 Å². The van der Waals surface area contributed by atoms with Crippen LogP contribution >= 0.6 is 38.1 Å². The molecule has 0 bridgehead atoms. The summed E-state index contributed by atoms with van der Waals surface area (Å²) in [5.41, 5.74) is 5.57. The zero-order chi connectivity index (χ0) is 40.9. The van der Waals surface area contributed by atoms with Gasteiger partial charge >= 0.3 is 19.7 Å². The van der Waals surface area contributed by atoms with Crippen molar-refractivity contribution < 1.29 is 59.8 Å². The maximum atomic E-state index is 16.4. The Morgan fingerprint density at radius 3 is 1.96 bits per heavy atom. The van der Waals surface area contributed by atoms with Crippen LogP contribution in [0.4, 0.5) is 25.2 Å². The lowest BCUT2D eigenvalue weighted by Crippen LogP contribution is -2.36. The van der Waals surface area contributed by atoms with Gasteiger partial charge in [0.15, 0.2) is 53.2 Å². The first-order chi connectivity index (χ1) is 26.9. The smallest absolute Gasteiger partial charge is 0.407 e. The highest BCUT2D eigenvalue weighted by atomic mass is 32.7. The lowest BCUT2D eigenvalue weighted by atomic mass is 10.1. The Labute approximate surface area is 332 Å². The van der Waals surface area contributed by atoms with Crippen molar-refractivity contribution in [1.82, 2.24) is 44.4 Å². The molecule has 0 aromatic carbocycles. The van der Waals surface area contributed by atoms with Crippen LogP contribution < -0.4 is 16.4 Å². The summed E-state index contributed by atoms with van der Waals surface area (Å²) in [6.45, 7) is -5.03. The fourth-order valence-corrected chi connectivity index (χ4v) is 9.16. The first kappa shape index (κ1) is 41.6. The maximum Gasteiger partial charge on any atom is 0.407 e. The zero-order valence-electron chi connectivity index (χ0n) is 30.2. The van der Waals surface area contributed by atoms with E-state index in [0.29, 0.717) is 0 Å². The van der Waals surface area contributed by atoms with Crippen LogP contribution in [0.15, 0.2) is 25.3 Å². The Morgan fingerprint density at radius 2 is 1.40 bits per heavy atom. The van der Waals surface area contributed by atoms with E-state index in [1.54, 1.807) is 20.8 Å². The minimum absolute atomic E-state index is 0.00149. The van der Waals surface area contributed by atoms with Crippen LogP contribution in [0.25, 0.3) is 22.3 Å². The number of halogens is 2. The summed E-state index contributed by atoms with van der Waals surface area (Å²) in [6.07, 6.45) is -9.18. The van der Waals surface area contributed by atoms with Crippen molar-refractivity contribution in [2.24, 2.45) is 0 Å². The standard InChI is InChI=1S/C29H37F2N11O11P2S2/c1-29(2,3)51-28(44)33-6-4-5-15(43)40-23-19-25(37-10-35-23)42(12-39-19)27-17(31)21-14(50-27)8-48-54(45,56)52-20-13(7-47-55(46,57)53-21)49-26(16(20)30)41-11-38-18-22(32)34-9-36-24(18)41/h9-14,16-17,20-21,26-27H,4-8H2,1-3H3,(H,33,44)(H,45,56)(H,46,57)(H2,32,34,36)(H,35,37,40,43)/t13-,14-,16-,17-,20?,21?,26-,27-,54+,55-/m1/s1. The van der Waals surface area contributed by atoms with Crippen LogP contribution in [0.5, 0.6) is 0 Å². The average molecular weight is 880 g/mol. The van der Waals surface area contributed by atoms with Crippen molar-refractivity contribution in [3.8, 4) is 0 Å². The number of amides is 2. The molecular weight excluding hydrogens is 842 g/mol. The van der Waals surface area contributed by atoms with E-state index in [1.165, 1.54) is 21.8 Å². The summed E-state index contributed by atoms with van der Waals surface area (Å²) in [5, 5.41) is 5.18. The van der Waals surface area contributed by atoms with Gasteiger partial charge in [0, 0.05) is 13.0 Å². The van der Waals surface area contributed by atoms with E-state index in [2.05, 4.69) is 65.0 Å². The average Bonchev–Trinajstić information content (AvgIpc) is 3.89. The molecule has 0 radical (unpaired) electrons. The molecule has 4 aromatic heterocycles. The molecule has 310 valence electrons. The molecule has 22 nitrogen and oxygen atoms in total. The van der Waals surface area contributed by atoms with E-state index in [0.717, 1.165) is 12.7 Å². The zero-order valence-corrected chi connectivity index (χ0v) is 33.7. The van der Waals surface area contributed by atoms with Crippen molar-refractivity contribution in [3.05, 3.63) is 25.3 Å². The number of imidazole rings is 2. The van der Waals surface area contributed by atoms with Gasteiger partial charge in [-0.15, -0.1) is 0 Å². The number of ether oxygens (including phenoxy) is 3. The van der Waals surface area contributed by atoms with Crippen molar-refractivity contribution in [1.29, 1.82) is 0 Å². The van der Waals surface area contributed by atoms with E-state index in [1.807, 2.05) is 0 Å². The summed E-state index contributed by atoms with van der Waals surface area (Å²) < 4.78 is 101. The molecule has 0 spiro atoms. The molecule has 2 amide bonds. The third-order valence-electron chi connectivity index (χ3n) is 8.65. The van der Waals surface area contributed by atoms with E-state index in [4.69, 9.17) is 38.0 Å². The van der Waals surface area contributed by atoms with Gasteiger partial charge in [0.05, 0.1) is 25.9 Å². The van der Waals surface area contributed by atoms with E-state index in [9.17, 15) is 18.7 Å².